The van der Waals surface area contributed by atoms with Crippen molar-refractivity contribution < 1.29 is 0 Å². The van der Waals surface area contributed by atoms with E-state index in [0.29, 0.717) is 0 Å². The molecule has 2 rings (SSSR count). The summed E-state index contributed by atoms with van der Waals surface area (Å²) in [6.45, 7) is 4.46. The summed E-state index contributed by atoms with van der Waals surface area (Å²) in [5.74, 6) is 0. The van der Waals surface area contributed by atoms with E-state index >= 15 is 0 Å². The highest BCUT2D eigenvalue weighted by Gasteiger charge is 2.05. The third kappa shape index (κ3) is 7.59. The van der Waals surface area contributed by atoms with Crippen LogP contribution in [0, 0.1) is 0 Å². The van der Waals surface area contributed by atoms with Gasteiger partial charge in [-0.05, 0) is 43.5 Å². The normalized spacial score (nSPS) is 10.8. The Hall–Kier alpha value is -1.83. The second-order valence-electron chi connectivity index (χ2n) is 7.22. The maximum absolute atomic E-state index is 4.89. The van der Waals surface area contributed by atoms with Crippen LogP contribution in [0.4, 0.5) is 11.4 Å². The molecule has 0 saturated heterocycles. The van der Waals surface area contributed by atoms with E-state index in [0.717, 1.165) is 24.2 Å². The SMILES string of the molecule is CCCCCCCCCCCc1ccc(Nc2ccccc2)c(CC)n1. The van der Waals surface area contributed by atoms with Crippen molar-refractivity contribution in [2.24, 2.45) is 0 Å². The molecule has 0 spiro atoms. The Balaban J connectivity index is 1.71. The lowest BCUT2D eigenvalue weighted by molar-refractivity contribution is 0.563. The van der Waals surface area contributed by atoms with E-state index < -0.39 is 0 Å². The number of rotatable bonds is 13. The molecule has 0 fully saturated rings. The van der Waals surface area contributed by atoms with Crippen LogP contribution in [0.25, 0.3) is 0 Å². The molecule has 1 N–H and O–H groups in total. The number of unbranched alkanes of at least 4 members (excludes halogenated alkanes) is 8. The number of anilines is 2. The Morgan fingerprint density at radius 2 is 1.38 bits per heavy atom. The number of benzene rings is 1. The third-order valence-electron chi connectivity index (χ3n) is 4.96. The molecule has 26 heavy (non-hydrogen) atoms. The van der Waals surface area contributed by atoms with Gasteiger partial charge in [-0.25, -0.2) is 0 Å². The van der Waals surface area contributed by atoms with E-state index in [1.54, 1.807) is 0 Å². The van der Waals surface area contributed by atoms with Gasteiger partial charge >= 0.3 is 0 Å². The molecular formula is C24H36N2. The highest BCUT2D eigenvalue weighted by atomic mass is 14.9. The smallest absolute Gasteiger partial charge is 0.0638 e. The Labute approximate surface area is 160 Å². The molecule has 2 nitrogen and oxygen atoms in total. The Bertz CT molecular complexity index is 607. The summed E-state index contributed by atoms with van der Waals surface area (Å²) in [5.41, 5.74) is 4.66. The maximum atomic E-state index is 4.89. The number of nitrogens with zero attached hydrogens (tertiary/aromatic N) is 1. The van der Waals surface area contributed by atoms with Gasteiger partial charge in [0.25, 0.3) is 0 Å². The molecular weight excluding hydrogens is 316 g/mol. The Morgan fingerprint density at radius 3 is 2.04 bits per heavy atom. The van der Waals surface area contributed by atoms with Crippen molar-refractivity contribution in [3.8, 4) is 0 Å². The summed E-state index contributed by atoms with van der Waals surface area (Å²) in [6.07, 6.45) is 14.4. The van der Waals surface area contributed by atoms with Crippen molar-refractivity contribution in [1.82, 2.24) is 4.98 Å². The van der Waals surface area contributed by atoms with Crippen molar-refractivity contribution in [2.75, 3.05) is 5.32 Å². The largest absolute Gasteiger partial charge is 0.354 e. The summed E-state index contributed by atoms with van der Waals surface area (Å²) < 4.78 is 0. The predicted molar refractivity (Wildman–Crippen MR) is 114 cm³/mol. The van der Waals surface area contributed by atoms with Gasteiger partial charge in [-0.1, -0.05) is 83.4 Å². The molecule has 1 heterocycles. The van der Waals surface area contributed by atoms with Crippen molar-refractivity contribution in [3.63, 3.8) is 0 Å². The van der Waals surface area contributed by atoms with Gasteiger partial charge < -0.3 is 5.32 Å². The average Bonchev–Trinajstić information content (AvgIpc) is 2.68. The standard InChI is InChI=1S/C24H36N2/c1-3-5-6-7-8-9-10-11-13-18-22-19-20-24(23(4-2)25-22)26-21-16-14-12-15-17-21/h12,14-17,19-20,26H,3-11,13,18H2,1-2H3. The zero-order valence-corrected chi connectivity index (χ0v) is 16.8. The fraction of sp³-hybridized carbons (Fsp3) is 0.542. The van der Waals surface area contributed by atoms with Gasteiger partial charge in [0.1, 0.15) is 0 Å². The lowest BCUT2D eigenvalue weighted by Gasteiger charge is -2.12. The fourth-order valence-corrected chi connectivity index (χ4v) is 3.36. The van der Waals surface area contributed by atoms with Crippen LogP contribution >= 0.6 is 0 Å². The molecule has 0 aliphatic carbocycles. The summed E-state index contributed by atoms with van der Waals surface area (Å²) >= 11 is 0. The second kappa shape index (κ2) is 12.5. The fourth-order valence-electron chi connectivity index (χ4n) is 3.36. The predicted octanol–water partition coefficient (Wildman–Crippen LogP) is 7.46. The number of hydrogen-bond acceptors (Lipinski definition) is 2. The van der Waals surface area contributed by atoms with Crippen LogP contribution in [-0.2, 0) is 12.8 Å². The molecule has 0 aliphatic rings. The molecule has 142 valence electrons. The lowest BCUT2D eigenvalue weighted by atomic mass is 10.1. The number of aryl methyl sites for hydroxylation is 2. The van der Waals surface area contributed by atoms with Crippen LogP contribution in [-0.4, -0.2) is 4.98 Å². The highest BCUT2D eigenvalue weighted by molar-refractivity contribution is 5.61. The number of aromatic nitrogens is 1. The van der Waals surface area contributed by atoms with E-state index in [1.165, 1.54) is 69.2 Å². The van der Waals surface area contributed by atoms with Crippen LogP contribution in [0.5, 0.6) is 0 Å². The quantitative estimate of drug-likeness (QED) is 0.378. The average molecular weight is 353 g/mol. The summed E-state index contributed by atoms with van der Waals surface area (Å²) in [6, 6.07) is 14.7. The van der Waals surface area contributed by atoms with Crippen LogP contribution in [0.15, 0.2) is 42.5 Å². The molecule has 2 heteroatoms. The second-order valence-corrected chi connectivity index (χ2v) is 7.22. The zero-order chi connectivity index (χ0) is 18.5. The first kappa shape index (κ1) is 20.5. The Kier molecular flexibility index (Phi) is 9.86. The number of hydrogen-bond donors (Lipinski definition) is 1. The molecule has 1 aromatic heterocycles. The van der Waals surface area contributed by atoms with Gasteiger partial charge in [0, 0.05) is 11.4 Å². The van der Waals surface area contributed by atoms with Crippen LogP contribution in [0.1, 0.15) is 83.0 Å². The first-order chi connectivity index (χ1) is 12.8. The monoisotopic (exact) mass is 352 g/mol. The topological polar surface area (TPSA) is 24.9 Å². The van der Waals surface area contributed by atoms with Crippen molar-refractivity contribution in [3.05, 3.63) is 53.9 Å². The van der Waals surface area contributed by atoms with E-state index in [1.807, 2.05) is 6.07 Å². The minimum Gasteiger partial charge on any atom is -0.354 e. The molecule has 0 atom stereocenters. The first-order valence-corrected chi connectivity index (χ1v) is 10.6. The van der Waals surface area contributed by atoms with E-state index in [-0.39, 0.29) is 0 Å². The molecule has 0 amide bonds. The number of nitrogens with one attached hydrogen (secondary N) is 1. The van der Waals surface area contributed by atoms with Gasteiger partial charge in [0.2, 0.25) is 0 Å². The molecule has 1 aromatic carbocycles. The van der Waals surface area contributed by atoms with Gasteiger partial charge in [0.15, 0.2) is 0 Å². The van der Waals surface area contributed by atoms with E-state index in [2.05, 4.69) is 55.6 Å². The summed E-state index contributed by atoms with van der Waals surface area (Å²) in [7, 11) is 0. The van der Waals surface area contributed by atoms with E-state index in [9.17, 15) is 0 Å². The number of para-hydroxylation sites is 1. The van der Waals surface area contributed by atoms with Gasteiger partial charge in [-0.15, -0.1) is 0 Å². The van der Waals surface area contributed by atoms with Gasteiger partial charge in [-0.3, -0.25) is 4.98 Å². The minimum absolute atomic E-state index is 0.959. The molecule has 0 bridgehead atoms. The highest BCUT2D eigenvalue weighted by Crippen LogP contribution is 2.21. The van der Waals surface area contributed by atoms with Gasteiger partial charge in [0.05, 0.1) is 11.4 Å². The maximum Gasteiger partial charge on any atom is 0.0638 e. The molecule has 0 radical (unpaired) electrons. The summed E-state index contributed by atoms with van der Waals surface area (Å²) in [5, 5.41) is 3.49. The zero-order valence-electron chi connectivity index (χ0n) is 16.8. The minimum atomic E-state index is 0.959. The van der Waals surface area contributed by atoms with Crippen molar-refractivity contribution in [1.29, 1.82) is 0 Å². The molecule has 0 saturated carbocycles. The van der Waals surface area contributed by atoms with Crippen molar-refractivity contribution in [2.45, 2.75) is 84.5 Å². The van der Waals surface area contributed by atoms with Gasteiger partial charge in [-0.2, -0.15) is 0 Å². The van der Waals surface area contributed by atoms with Crippen LogP contribution in [0.2, 0.25) is 0 Å². The summed E-state index contributed by atoms with van der Waals surface area (Å²) in [4.78, 5) is 4.89. The Morgan fingerprint density at radius 1 is 0.731 bits per heavy atom. The van der Waals surface area contributed by atoms with E-state index in [4.69, 9.17) is 4.98 Å². The van der Waals surface area contributed by atoms with Crippen LogP contribution in [0.3, 0.4) is 0 Å². The number of pyridine rings is 1. The molecule has 0 aliphatic heterocycles. The van der Waals surface area contributed by atoms with Crippen molar-refractivity contribution >= 4 is 11.4 Å². The molecule has 2 aromatic rings. The lowest BCUT2D eigenvalue weighted by Crippen LogP contribution is -2.01. The third-order valence-corrected chi connectivity index (χ3v) is 4.96. The molecule has 0 unspecified atom stereocenters. The first-order valence-electron chi connectivity index (χ1n) is 10.6. The van der Waals surface area contributed by atoms with Crippen LogP contribution < -0.4 is 5.32 Å².